The number of thiophene rings is 1. The van der Waals surface area contributed by atoms with Gasteiger partial charge in [-0.2, -0.15) is 4.31 Å². The number of carbonyl (C=O) groups excluding carboxylic acids is 1. The molecule has 10 heteroatoms. The van der Waals surface area contributed by atoms with Gasteiger partial charge in [-0.3, -0.25) is 4.79 Å². The number of carbonyl (C=O) groups is 1. The fraction of sp³-hybridized carbons (Fsp3) is 0.227. The van der Waals surface area contributed by atoms with Crippen molar-refractivity contribution in [1.29, 1.82) is 0 Å². The molecule has 0 radical (unpaired) electrons. The Hall–Kier alpha value is -2.95. The van der Waals surface area contributed by atoms with Gasteiger partial charge in [0.2, 0.25) is 10.0 Å². The first-order valence-electron chi connectivity index (χ1n) is 9.92. The molecule has 3 aromatic rings. The topological polar surface area (TPSA) is 78.9 Å². The summed E-state index contributed by atoms with van der Waals surface area (Å²) in [5.74, 6) is -0.135. The number of nitrogens with zero attached hydrogens (tertiary/aromatic N) is 2. The number of piperazine rings is 1. The van der Waals surface area contributed by atoms with Crippen LogP contribution in [0, 0.1) is 5.82 Å². The van der Waals surface area contributed by atoms with Crippen molar-refractivity contribution in [2.75, 3.05) is 43.5 Å². The molecule has 0 atom stereocenters. The molecular formula is C22H22FN3O4S2. The average molecular weight is 476 g/mol. The summed E-state index contributed by atoms with van der Waals surface area (Å²) in [5, 5.41) is 4.34. The zero-order valence-corrected chi connectivity index (χ0v) is 19.0. The maximum atomic E-state index is 13.3. The zero-order valence-electron chi connectivity index (χ0n) is 17.3. The van der Waals surface area contributed by atoms with Crippen LogP contribution in [0.15, 0.2) is 64.9 Å². The standard InChI is InChI=1S/C22H22FN3O4S2/c1-30-19-8-4-17(5-9-19)24-22(27)21-20(10-15-31-21)32(28,29)26-13-11-25(12-14-26)18-6-2-16(23)3-7-18/h2-10,15H,11-14H2,1H3,(H,24,27). The maximum Gasteiger partial charge on any atom is 0.267 e. The predicted octanol–water partition coefficient (Wildman–Crippen LogP) is 3.66. The van der Waals surface area contributed by atoms with E-state index < -0.39 is 15.9 Å². The molecule has 0 unspecified atom stereocenters. The molecule has 0 spiro atoms. The lowest BCUT2D eigenvalue weighted by Crippen LogP contribution is -2.48. The van der Waals surface area contributed by atoms with Gasteiger partial charge >= 0.3 is 0 Å². The van der Waals surface area contributed by atoms with Crippen LogP contribution < -0.4 is 15.0 Å². The number of ether oxygens (including phenoxy) is 1. The normalized spacial score (nSPS) is 14.9. The Kier molecular flexibility index (Phi) is 6.45. The molecule has 1 amide bonds. The number of sulfonamides is 1. The molecule has 7 nitrogen and oxygen atoms in total. The smallest absolute Gasteiger partial charge is 0.267 e. The van der Waals surface area contributed by atoms with Gasteiger partial charge < -0.3 is 15.0 Å². The fourth-order valence-corrected chi connectivity index (χ4v) is 6.22. The molecule has 4 rings (SSSR count). The number of rotatable bonds is 6. The highest BCUT2D eigenvalue weighted by Crippen LogP contribution is 2.28. The van der Waals surface area contributed by atoms with E-state index in [0.717, 1.165) is 17.0 Å². The van der Waals surface area contributed by atoms with E-state index in [4.69, 9.17) is 4.74 Å². The molecule has 1 N–H and O–H groups in total. The van der Waals surface area contributed by atoms with Gasteiger partial charge in [-0.15, -0.1) is 11.3 Å². The van der Waals surface area contributed by atoms with Crippen molar-refractivity contribution in [2.24, 2.45) is 0 Å². The molecule has 168 valence electrons. The quantitative estimate of drug-likeness (QED) is 0.589. The number of hydrogen-bond donors (Lipinski definition) is 1. The van der Waals surface area contributed by atoms with E-state index in [0.29, 0.717) is 24.5 Å². The predicted molar refractivity (Wildman–Crippen MR) is 123 cm³/mol. The maximum absolute atomic E-state index is 13.3. The van der Waals surface area contributed by atoms with Crippen LogP contribution in [0.25, 0.3) is 0 Å². The van der Waals surface area contributed by atoms with Crippen LogP contribution in [0.1, 0.15) is 9.67 Å². The second kappa shape index (κ2) is 9.27. The van der Waals surface area contributed by atoms with Crippen LogP contribution in [0.3, 0.4) is 0 Å². The third kappa shape index (κ3) is 4.62. The third-order valence-corrected chi connectivity index (χ3v) is 8.21. The van der Waals surface area contributed by atoms with E-state index >= 15 is 0 Å². The molecule has 2 heterocycles. The van der Waals surface area contributed by atoms with E-state index in [2.05, 4.69) is 5.32 Å². The fourth-order valence-electron chi connectivity index (χ4n) is 3.51. The van der Waals surface area contributed by atoms with E-state index in [-0.39, 0.29) is 28.7 Å². The van der Waals surface area contributed by atoms with Gasteiger partial charge in [0.25, 0.3) is 5.91 Å². The summed E-state index contributed by atoms with van der Waals surface area (Å²) in [7, 11) is -2.28. The van der Waals surface area contributed by atoms with E-state index in [1.54, 1.807) is 48.9 Å². The molecule has 0 aliphatic carbocycles. The van der Waals surface area contributed by atoms with Crippen molar-refractivity contribution in [3.05, 3.63) is 70.7 Å². The minimum absolute atomic E-state index is 0.00347. The molecule has 1 aliphatic rings. The second-order valence-electron chi connectivity index (χ2n) is 7.16. The Morgan fingerprint density at radius 2 is 1.66 bits per heavy atom. The number of methoxy groups -OCH3 is 1. The summed E-state index contributed by atoms with van der Waals surface area (Å²) in [6, 6.07) is 14.4. The number of amides is 1. The summed E-state index contributed by atoms with van der Waals surface area (Å²) >= 11 is 1.09. The summed E-state index contributed by atoms with van der Waals surface area (Å²) in [5.41, 5.74) is 1.39. The van der Waals surface area contributed by atoms with Gasteiger partial charge in [0.15, 0.2) is 0 Å². The molecule has 1 aliphatic heterocycles. The summed E-state index contributed by atoms with van der Waals surface area (Å²) in [4.78, 5) is 14.9. The summed E-state index contributed by atoms with van der Waals surface area (Å²) in [6.07, 6.45) is 0. The largest absolute Gasteiger partial charge is 0.497 e. The Morgan fingerprint density at radius 1 is 1.00 bits per heavy atom. The van der Waals surface area contributed by atoms with Crippen molar-refractivity contribution in [1.82, 2.24) is 4.31 Å². The highest BCUT2D eigenvalue weighted by atomic mass is 32.2. The first kappa shape index (κ1) is 22.3. The van der Waals surface area contributed by atoms with Crippen molar-refractivity contribution < 1.29 is 22.3 Å². The van der Waals surface area contributed by atoms with Crippen LogP contribution in [0.4, 0.5) is 15.8 Å². The number of hydrogen-bond acceptors (Lipinski definition) is 6. The van der Waals surface area contributed by atoms with Crippen molar-refractivity contribution in [2.45, 2.75) is 4.90 Å². The van der Waals surface area contributed by atoms with Crippen molar-refractivity contribution >= 4 is 38.6 Å². The average Bonchev–Trinajstić information content (AvgIpc) is 3.31. The SMILES string of the molecule is COc1ccc(NC(=O)c2sccc2S(=O)(=O)N2CCN(c3ccc(F)cc3)CC2)cc1. The Labute approximate surface area is 190 Å². The van der Waals surface area contributed by atoms with Crippen LogP contribution in [0.2, 0.25) is 0 Å². The number of nitrogens with one attached hydrogen (secondary N) is 1. The van der Waals surface area contributed by atoms with E-state index in [1.165, 1.54) is 22.5 Å². The van der Waals surface area contributed by atoms with Gasteiger partial charge in [0.05, 0.1) is 7.11 Å². The van der Waals surface area contributed by atoms with Crippen LogP contribution in [0.5, 0.6) is 5.75 Å². The molecule has 32 heavy (non-hydrogen) atoms. The highest BCUT2D eigenvalue weighted by Gasteiger charge is 2.32. The number of halogens is 1. The van der Waals surface area contributed by atoms with Crippen LogP contribution in [-0.2, 0) is 10.0 Å². The molecule has 1 aromatic heterocycles. The number of anilines is 2. The minimum atomic E-state index is -3.83. The lowest BCUT2D eigenvalue weighted by Gasteiger charge is -2.35. The highest BCUT2D eigenvalue weighted by molar-refractivity contribution is 7.89. The minimum Gasteiger partial charge on any atom is -0.497 e. The molecule has 2 aromatic carbocycles. The lowest BCUT2D eigenvalue weighted by atomic mass is 10.2. The Morgan fingerprint density at radius 3 is 2.28 bits per heavy atom. The first-order chi connectivity index (χ1) is 15.4. The Bertz CT molecular complexity index is 1190. The van der Waals surface area contributed by atoms with Gasteiger partial charge in [0, 0.05) is 37.6 Å². The second-order valence-corrected chi connectivity index (χ2v) is 9.99. The van der Waals surface area contributed by atoms with Crippen LogP contribution in [-0.4, -0.2) is 51.9 Å². The van der Waals surface area contributed by atoms with E-state index in [9.17, 15) is 17.6 Å². The van der Waals surface area contributed by atoms with Gasteiger partial charge in [-0.25, -0.2) is 12.8 Å². The van der Waals surface area contributed by atoms with Gasteiger partial charge in [-0.1, -0.05) is 0 Å². The summed E-state index contributed by atoms with van der Waals surface area (Å²) < 4.78 is 46.2. The van der Waals surface area contributed by atoms with E-state index in [1.807, 2.05) is 4.90 Å². The van der Waals surface area contributed by atoms with Gasteiger partial charge in [0.1, 0.15) is 21.3 Å². The molecule has 1 fully saturated rings. The van der Waals surface area contributed by atoms with Crippen molar-refractivity contribution in [3.63, 3.8) is 0 Å². The molecule has 1 saturated heterocycles. The molecule has 0 saturated carbocycles. The first-order valence-corrected chi connectivity index (χ1v) is 12.2. The molecular weight excluding hydrogens is 453 g/mol. The summed E-state index contributed by atoms with van der Waals surface area (Å²) in [6.45, 7) is 1.49. The van der Waals surface area contributed by atoms with Crippen LogP contribution >= 0.6 is 11.3 Å². The van der Waals surface area contributed by atoms with Crippen molar-refractivity contribution in [3.8, 4) is 5.75 Å². The Balaban J connectivity index is 1.46. The molecule has 0 bridgehead atoms. The monoisotopic (exact) mass is 475 g/mol. The van der Waals surface area contributed by atoms with Gasteiger partial charge in [-0.05, 0) is 60.0 Å². The third-order valence-electron chi connectivity index (χ3n) is 5.23. The lowest BCUT2D eigenvalue weighted by molar-refractivity contribution is 0.102. The zero-order chi connectivity index (χ0) is 22.7. The number of benzene rings is 2.